The summed E-state index contributed by atoms with van der Waals surface area (Å²) in [6, 6.07) is 4.20. The number of nitrogens with zero attached hydrogens (tertiary/aromatic N) is 4. The maximum Gasteiger partial charge on any atom is 0.166 e. The van der Waals surface area contributed by atoms with Gasteiger partial charge < -0.3 is 16.0 Å². The fourth-order valence-corrected chi connectivity index (χ4v) is 5.01. The van der Waals surface area contributed by atoms with Crippen molar-refractivity contribution in [2.24, 2.45) is 0 Å². The lowest BCUT2D eigenvalue weighted by molar-refractivity contribution is 0.455. The average molecular weight is 400 g/mol. The van der Waals surface area contributed by atoms with E-state index in [1.165, 1.54) is 22.9 Å². The van der Waals surface area contributed by atoms with Gasteiger partial charge in [-0.15, -0.1) is 11.8 Å². The number of piperidine rings is 1. The van der Waals surface area contributed by atoms with Gasteiger partial charge >= 0.3 is 0 Å². The van der Waals surface area contributed by atoms with Gasteiger partial charge in [0.1, 0.15) is 10.8 Å². The van der Waals surface area contributed by atoms with Gasteiger partial charge in [0.15, 0.2) is 5.65 Å². The van der Waals surface area contributed by atoms with Crippen molar-refractivity contribution in [3.8, 4) is 0 Å². The Kier molecular flexibility index (Phi) is 4.50. The zero-order valence-electron chi connectivity index (χ0n) is 15.0. The fourth-order valence-electron chi connectivity index (χ4n) is 3.56. The molecule has 5 heterocycles. The molecule has 7 nitrogen and oxygen atoms in total. The van der Waals surface area contributed by atoms with Crippen LogP contribution in [0.3, 0.4) is 0 Å². The van der Waals surface area contributed by atoms with Crippen LogP contribution in [0.15, 0.2) is 24.5 Å². The molecule has 3 aromatic rings. The summed E-state index contributed by atoms with van der Waals surface area (Å²) in [7, 11) is 0. The van der Waals surface area contributed by atoms with E-state index in [1.807, 2.05) is 17.6 Å². The molecule has 1 unspecified atom stereocenters. The highest BCUT2D eigenvalue weighted by Gasteiger charge is 2.22. The fraction of sp³-hybridized carbons (Fsp3) is 0.389. The number of aryl methyl sites for hydroxylation is 1. The van der Waals surface area contributed by atoms with Gasteiger partial charge in [0.05, 0.1) is 29.0 Å². The highest BCUT2D eigenvalue weighted by molar-refractivity contribution is 8.08. The Morgan fingerprint density at radius 1 is 1.33 bits per heavy atom. The Morgan fingerprint density at radius 2 is 2.30 bits per heavy atom. The average Bonchev–Trinajstić information content (AvgIpc) is 3.43. The second-order valence-corrected chi connectivity index (χ2v) is 8.68. The maximum atomic E-state index is 5.04. The standard InChI is InChI=1S/C18H21N7S2/c1-11-5-17(27-24-11)23-16-6-14(12-3-2-4-19-7-12)22-18-13(8-21-25(16)18)15-9-20-10-26-15/h5-6,8-9,12,19-20,23H,2-4,7,10H2,1H3. The topological polar surface area (TPSA) is 79.2 Å². The Morgan fingerprint density at radius 3 is 3.04 bits per heavy atom. The number of fused-ring (bicyclic) bond motifs is 1. The number of anilines is 2. The number of hydrogen-bond donors (Lipinski definition) is 3. The number of nitrogens with one attached hydrogen (secondary N) is 3. The number of rotatable bonds is 4. The van der Waals surface area contributed by atoms with Crippen molar-refractivity contribution in [2.75, 3.05) is 24.3 Å². The van der Waals surface area contributed by atoms with Crippen LogP contribution in [0.4, 0.5) is 10.8 Å². The van der Waals surface area contributed by atoms with Crippen molar-refractivity contribution in [3.63, 3.8) is 0 Å². The molecule has 2 aliphatic rings. The SMILES string of the molecule is Cc1cc(Nc2cc(C3CCCNC3)nc3c(C4=CNCS4)cnn23)sn1. The lowest BCUT2D eigenvalue weighted by Gasteiger charge is -2.23. The third-order valence-electron chi connectivity index (χ3n) is 4.90. The van der Waals surface area contributed by atoms with Crippen LogP contribution in [-0.2, 0) is 0 Å². The van der Waals surface area contributed by atoms with Crippen molar-refractivity contribution in [2.45, 2.75) is 25.7 Å². The number of hydrogen-bond acceptors (Lipinski definition) is 8. The maximum absolute atomic E-state index is 5.04. The first-order valence-corrected chi connectivity index (χ1v) is 10.9. The van der Waals surface area contributed by atoms with E-state index in [1.54, 1.807) is 11.8 Å². The quantitative estimate of drug-likeness (QED) is 0.621. The number of thioether (sulfide) groups is 1. The minimum atomic E-state index is 0.429. The van der Waals surface area contributed by atoms with Crippen molar-refractivity contribution >= 4 is 44.7 Å². The third kappa shape index (κ3) is 3.30. The minimum Gasteiger partial charge on any atom is -0.381 e. The van der Waals surface area contributed by atoms with E-state index in [0.29, 0.717) is 5.92 Å². The van der Waals surface area contributed by atoms with Crippen LogP contribution >= 0.6 is 23.3 Å². The smallest absolute Gasteiger partial charge is 0.166 e. The van der Waals surface area contributed by atoms with Gasteiger partial charge in [0.2, 0.25) is 0 Å². The summed E-state index contributed by atoms with van der Waals surface area (Å²) in [6.45, 7) is 4.08. The van der Waals surface area contributed by atoms with E-state index >= 15 is 0 Å². The molecule has 1 fully saturated rings. The summed E-state index contributed by atoms with van der Waals surface area (Å²) in [5, 5.41) is 15.9. The second-order valence-electron chi connectivity index (χ2n) is 6.86. The summed E-state index contributed by atoms with van der Waals surface area (Å²) in [5.74, 6) is 2.26. The van der Waals surface area contributed by atoms with Gasteiger partial charge in [-0.2, -0.15) is 14.0 Å². The van der Waals surface area contributed by atoms with Crippen LogP contribution in [0, 0.1) is 6.92 Å². The van der Waals surface area contributed by atoms with E-state index in [9.17, 15) is 0 Å². The van der Waals surface area contributed by atoms with Gasteiger partial charge in [-0.05, 0) is 43.9 Å². The largest absolute Gasteiger partial charge is 0.381 e. The molecule has 0 aromatic carbocycles. The summed E-state index contributed by atoms with van der Waals surface area (Å²) in [4.78, 5) is 6.23. The molecule has 0 radical (unpaired) electrons. The lowest BCUT2D eigenvalue weighted by Crippen LogP contribution is -2.29. The normalized spacial score (nSPS) is 19.9. The van der Waals surface area contributed by atoms with Gasteiger partial charge in [-0.25, -0.2) is 4.98 Å². The molecule has 9 heteroatoms. The van der Waals surface area contributed by atoms with E-state index in [4.69, 9.17) is 4.98 Å². The first-order valence-electron chi connectivity index (χ1n) is 9.14. The molecule has 0 amide bonds. The predicted octanol–water partition coefficient (Wildman–Crippen LogP) is 3.30. The molecule has 140 valence electrons. The second kappa shape index (κ2) is 7.14. The molecule has 1 saturated heterocycles. The van der Waals surface area contributed by atoms with Crippen LogP contribution in [0.25, 0.3) is 10.6 Å². The Hall–Kier alpha value is -2.10. The van der Waals surface area contributed by atoms with Gasteiger partial charge in [-0.3, -0.25) is 0 Å². The molecule has 0 bridgehead atoms. The predicted molar refractivity (Wildman–Crippen MR) is 112 cm³/mol. The van der Waals surface area contributed by atoms with Crippen molar-refractivity contribution in [1.82, 2.24) is 29.6 Å². The third-order valence-corrected chi connectivity index (χ3v) is 6.65. The molecule has 5 rings (SSSR count). The van der Waals surface area contributed by atoms with E-state index < -0.39 is 0 Å². The van der Waals surface area contributed by atoms with Gasteiger partial charge in [0, 0.05) is 29.6 Å². The van der Waals surface area contributed by atoms with Crippen LogP contribution in [0.2, 0.25) is 0 Å². The van der Waals surface area contributed by atoms with E-state index in [2.05, 4.69) is 43.8 Å². The summed E-state index contributed by atoms with van der Waals surface area (Å²) in [6.07, 6.45) is 6.32. The summed E-state index contributed by atoms with van der Waals surface area (Å²) in [5.41, 5.74) is 4.13. The van der Waals surface area contributed by atoms with Crippen LogP contribution < -0.4 is 16.0 Å². The Balaban J connectivity index is 1.62. The first kappa shape index (κ1) is 17.0. The zero-order chi connectivity index (χ0) is 18.2. The van der Waals surface area contributed by atoms with Crippen molar-refractivity contribution in [1.29, 1.82) is 0 Å². The highest BCUT2D eigenvalue weighted by atomic mass is 32.2. The first-order chi connectivity index (χ1) is 13.3. The van der Waals surface area contributed by atoms with Gasteiger partial charge in [-0.1, -0.05) is 0 Å². The molecular weight excluding hydrogens is 378 g/mol. The summed E-state index contributed by atoms with van der Waals surface area (Å²) < 4.78 is 6.28. The molecule has 3 N–H and O–H groups in total. The molecule has 0 aliphatic carbocycles. The monoisotopic (exact) mass is 399 g/mol. The van der Waals surface area contributed by atoms with E-state index in [0.717, 1.165) is 58.8 Å². The van der Waals surface area contributed by atoms with E-state index in [-0.39, 0.29) is 0 Å². The highest BCUT2D eigenvalue weighted by Crippen LogP contribution is 2.34. The summed E-state index contributed by atoms with van der Waals surface area (Å²) >= 11 is 3.25. The molecule has 2 aliphatic heterocycles. The zero-order valence-corrected chi connectivity index (χ0v) is 16.7. The molecule has 0 saturated carbocycles. The van der Waals surface area contributed by atoms with Crippen molar-refractivity contribution < 1.29 is 0 Å². The molecular formula is C18H21N7S2. The van der Waals surface area contributed by atoms with Crippen LogP contribution in [0.1, 0.15) is 35.7 Å². The Bertz CT molecular complexity index is 1000. The van der Waals surface area contributed by atoms with Crippen LogP contribution in [0.5, 0.6) is 0 Å². The lowest BCUT2D eigenvalue weighted by atomic mass is 9.96. The minimum absolute atomic E-state index is 0.429. The molecule has 27 heavy (non-hydrogen) atoms. The number of aromatic nitrogens is 4. The Labute approximate surface area is 165 Å². The molecule has 1 atom stereocenters. The van der Waals surface area contributed by atoms with Crippen molar-refractivity contribution in [3.05, 3.63) is 41.5 Å². The molecule has 3 aromatic heterocycles. The van der Waals surface area contributed by atoms with Gasteiger partial charge in [0.25, 0.3) is 0 Å². The molecule has 0 spiro atoms. The van der Waals surface area contributed by atoms with Crippen LogP contribution in [-0.4, -0.2) is 37.9 Å².